The second-order valence-corrected chi connectivity index (χ2v) is 5.09. The van der Waals surface area contributed by atoms with Gasteiger partial charge in [0.25, 0.3) is 0 Å². The zero-order chi connectivity index (χ0) is 15.4. The molecule has 0 aromatic heterocycles. The third kappa shape index (κ3) is 3.53. The first kappa shape index (κ1) is 14.9. The number of aliphatic hydroxyl groups is 1. The number of azo groups is 1. The molecule has 0 radical (unpaired) electrons. The van der Waals surface area contributed by atoms with Crippen molar-refractivity contribution in [1.82, 2.24) is 4.90 Å². The number of ketones is 1. The predicted octanol–water partition coefficient (Wildman–Crippen LogP) is 2.61. The number of rotatable bonds is 3. The highest BCUT2D eigenvalue weighted by Crippen LogP contribution is 2.28. The Kier molecular flexibility index (Phi) is 4.47. The number of amides is 1. The van der Waals surface area contributed by atoms with E-state index in [0.717, 1.165) is 0 Å². The highest BCUT2D eigenvalue weighted by Gasteiger charge is 2.33. The van der Waals surface area contributed by atoms with Gasteiger partial charge in [-0.05, 0) is 12.1 Å². The first-order valence-electron chi connectivity index (χ1n) is 6.62. The smallest absolute Gasteiger partial charge is 0.226 e. The summed E-state index contributed by atoms with van der Waals surface area (Å²) in [6.45, 7) is 0. The zero-order valence-electron chi connectivity index (χ0n) is 12.0. The van der Waals surface area contributed by atoms with Crippen LogP contribution in [0.15, 0.2) is 52.0 Å². The van der Waals surface area contributed by atoms with E-state index in [1.165, 1.54) is 4.90 Å². The van der Waals surface area contributed by atoms with Crippen LogP contribution in [0, 0.1) is 5.92 Å². The standard InChI is InChI=1S/C15H17N3O3/c1-18(2)15(21)10-8-12(19)14(13(20)9-10)17-16-11-6-4-3-5-7-11/h3-7,10,19H,8-9H2,1-2H3. The lowest BCUT2D eigenvalue weighted by Crippen LogP contribution is -2.33. The molecule has 1 unspecified atom stereocenters. The molecular formula is C15H17N3O3. The topological polar surface area (TPSA) is 82.3 Å². The number of nitrogens with zero attached hydrogens (tertiary/aromatic N) is 3. The maximum Gasteiger partial charge on any atom is 0.226 e. The molecule has 0 bridgehead atoms. The van der Waals surface area contributed by atoms with Crippen LogP contribution in [-0.4, -0.2) is 35.8 Å². The first-order valence-corrected chi connectivity index (χ1v) is 6.62. The largest absolute Gasteiger partial charge is 0.510 e. The lowest BCUT2D eigenvalue weighted by Gasteiger charge is -2.23. The second-order valence-electron chi connectivity index (χ2n) is 5.09. The molecule has 0 saturated carbocycles. The Morgan fingerprint density at radius 3 is 2.43 bits per heavy atom. The lowest BCUT2D eigenvalue weighted by molar-refractivity contribution is -0.136. The molecule has 0 heterocycles. The summed E-state index contributed by atoms with van der Waals surface area (Å²) in [5.74, 6) is -1.23. The number of hydrogen-bond acceptors (Lipinski definition) is 5. The summed E-state index contributed by atoms with van der Waals surface area (Å²) < 4.78 is 0. The van der Waals surface area contributed by atoms with Crippen molar-refractivity contribution in [3.05, 3.63) is 41.8 Å². The van der Waals surface area contributed by atoms with Crippen molar-refractivity contribution in [2.24, 2.45) is 16.1 Å². The Morgan fingerprint density at radius 2 is 1.86 bits per heavy atom. The van der Waals surface area contributed by atoms with Crippen LogP contribution < -0.4 is 0 Å². The molecule has 110 valence electrons. The Bertz CT molecular complexity index is 606. The summed E-state index contributed by atoms with van der Waals surface area (Å²) in [6, 6.07) is 8.94. The van der Waals surface area contributed by atoms with E-state index in [1.807, 2.05) is 6.07 Å². The number of aliphatic hydroxyl groups excluding tert-OH is 1. The van der Waals surface area contributed by atoms with Gasteiger partial charge in [-0.2, -0.15) is 5.11 Å². The van der Waals surface area contributed by atoms with E-state index in [4.69, 9.17) is 0 Å². The maximum absolute atomic E-state index is 12.0. The third-order valence-corrected chi connectivity index (χ3v) is 3.22. The van der Waals surface area contributed by atoms with E-state index in [9.17, 15) is 14.7 Å². The van der Waals surface area contributed by atoms with E-state index >= 15 is 0 Å². The normalized spacial score (nSPS) is 19.1. The van der Waals surface area contributed by atoms with Crippen LogP contribution in [0.1, 0.15) is 12.8 Å². The number of hydrogen-bond donors (Lipinski definition) is 1. The van der Waals surface area contributed by atoms with Crippen LogP contribution in [-0.2, 0) is 9.59 Å². The van der Waals surface area contributed by atoms with Gasteiger partial charge in [0.05, 0.1) is 11.6 Å². The molecule has 0 spiro atoms. The lowest BCUT2D eigenvalue weighted by atomic mass is 9.89. The fraction of sp³-hybridized carbons (Fsp3) is 0.333. The summed E-state index contributed by atoms with van der Waals surface area (Å²) in [4.78, 5) is 25.3. The van der Waals surface area contributed by atoms with Crippen molar-refractivity contribution < 1.29 is 14.7 Å². The quantitative estimate of drug-likeness (QED) is 0.867. The molecule has 0 aliphatic heterocycles. The van der Waals surface area contributed by atoms with Crippen LogP contribution in [0.25, 0.3) is 0 Å². The van der Waals surface area contributed by atoms with Crippen molar-refractivity contribution in [2.45, 2.75) is 12.8 Å². The Hall–Kier alpha value is -2.50. The van der Waals surface area contributed by atoms with Crippen LogP contribution in [0.3, 0.4) is 0 Å². The minimum Gasteiger partial charge on any atom is -0.510 e. The molecule has 0 fully saturated rings. The van der Waals surface area contributed by atoms with Gasteiger partial charge < -0.3 is 10.0 Å². The molecule has 6 heteroatoms. The number of benzene rings is 1. The van der Waals surface area contributed by atoms with Gasteiger partial charge in [-0.15, -0.1) is 5.11 Å². The molecule has 1 N–H and O–H groups in total. The molecular weight excluding hydrogens is 270 g/mol. The van der Waals surface area contributed by atoms with Gasteiger partial charge in [-0.25, -0.2) is 0 Å². The molecule has 1 aromatic carbocycles. The van der Waals surface area contributed by atoms with Gasteiger partial charge in [0, 0.05) is 26.9 Å². The second kappa shape index (κ2) is 6.30. The van der Waals surface area contributed by atoms with Gasteiger partial charge in [0.15, 0.2) is 11.5 Å². The highest BCUT2D eigenvalue weighted by atomic mass is 16.3. The monoisotopic (exact) mass is 287 g/mol. The minimum absolute atomic E-state index is 0.0458. The predicted molar refractivity (Wildman–Crippen MR) is 77.0 cm³/mol. The average Bonchev–Trinajstić information content (AvgIpc) is 2.46. The summed E-state index contributed by atoms with van der Waals surface area (Å²) >= 11 is 0. The fourth-order valence-corrected chi connectivity index (χ4v) is 2.14. The summed E-state index contributed by atoms with van der Waals surface area (Å²) in [7, 11) is 3.25. The van der Waals surface area contributed by atoms with Crippen molar-refractivity contribution in [3.8, 4) is 0 Å². The van der Waals surface area contributed by atoms with E-state index in [0.29, 0.717) is 5.69 Å². The van der Waals surface area contributed by atoms with Crippen molar-refractivity contribution >= 4 is 17.4 Å². The number of allylic oxidation sites excluding steroid dienone is 2. The summed E-state index contributed by atoms with van der Waals surface area (Å²) in [5.41, 5.74) is 0.541. The van der Waals surface area contributed by atoms with Crippen LogP contribution in [0.4, 0.5) is 5.69 Å². The first-order chi connectivity index (χ1) is 9.99. The molecule has 21 heavy (non-hydrogen) atoms. The summed E-state index contributed by atoms with van der Waals surface area (Å²) in [6.07, 6.45) is 0.163. The number of Topliss-reactive ketones (excluding diaryl/α,β-unsaturated/α-hetero) is 1. The molecule has 1 aromatic rings. The van der Waals surface area contributed by atoms with E-state index in [1.54, 1.807) is 38.4 Å². The SMILES string of the molecule is CN(C)C(=O)C1CC(=O)C(N=Nc2ccccc2)=C(O)C1. The molecule has 1 aliphatic rings. The number of carbonyl (C=O) groups is 2. The van der Waals surface area contributed by atoms with Gasteiger partial charge in [-0.1, -0.05) is 18.2 Å². The van der Waals surface area contributed by atoms with Crippen molar-refractivity contribution in [2.75, 3.05) is 14.1 Å². The van der Waals surface area contributed by atoms with Gasteiger partial charge in [0.2, 0.25) is 5.91 Å². The Morgan fingerprint density at radius 1 is 1.19 bits per heavy atom. The fourth-order valence-electron chi connectivity index (χ4n) is 2.14. The van der Waals surface area contributed by atoms with Crippen molar-refractivity contribution in [1.29, 1.82) is 0 Å². The molecule has 1 atom stereocenters. The average molecular weight is 287 g/mol. The molecule has 6 nitrogen and oxygen atoms in total. The van der Waals surface area contributed by atoms with E-state index in [-0.39, 0.29) is 36.0 Å². The van der Waals surface area contributed by atoms with Gasteiger partial charge >= 0.3 is 0 Å². The molecule has 2 rings (SSSR count). The molecule has 1 amide bonds. The minimum atomic E-state index is -0.525. The maximum atomic E-state index is 12.0. The third-order valence-electron chi connectivity index (χ3n) is 3.22. The van der Waals surface area contributed by atoms with Crippen molar-refractivity contribution in [3.63, 3.8) is 0 Å². The number of carbonyl (C=O) groups excluding carboxylic acids is 2. The van der Waals surface area contributed by atoms with Crippen LogP contribution >= 0.6 is 0 Å². The summed E-state index contributed by atoms with van der Waals surface area (Å²) in [5, 5.41) is 17.7. The van der Waals surface area contributed by atoms with Crippen LogP contribution in [0.5, 0.6) is 0 Å². The highest BCUT2D eigenvalue weighted by molar-refractivity contribution is 5.99. The zero-order valence-corrected chi connectivity index (χ0v) is 12.0. The Balaban J connectivity index is 2.17. The van der Waals surface area contributed by atoms with Gasteiger partial charge in [-0.3, -0.25) is 9.59 Å². The van der Waals surface area contributed by atoms with E-state index in [2.05, 4.69) is 10.2 Å². The molecule has 0 saturated heterocycles. The van der Waals surface area contributed by atoms with Gasteiger partial charge in [0.1, 0.15) is 5.76 Å². The van der Waals surface area contributed by atoms with Crippen LogP contribution in [0.2, 0.25) is 0 Å². The Labute approximate surface area is 122 Å². The van der Waals surface area contributed by atoms with E-state index < -0.39 is 5.92 Å². The molecule has 1 aliphatic carbocycles.